The Morgan fingerprint density at radius 2 is 2.36 bits per heavy atom. The van der Waals surface area contributed by atoms with Crippen LogP contribution >= 0.6 is 0 Å². The number of nitrogens with zero attached hydrogens (tertiary/aromatic N) is 1. The number of carbonyl (C=O) groups is 1. The van der Waals surface area contributed by atoms with E-state index in [9.17, 15) is 4.79 Å². The van der Waals surface area contributed by atoms with Crippen LogP contribution in [-0.2, 0) is 4.74 Å². The number of nitrogens with one attached hydrogen (secondary N) is 1. The van der Waals surface area contributed by atoms with Crippen molar-refractivity contribution in [1.29, 1.82) is 0 Å². The van der Waals surface area contributed by atoms with Crippen LogP contribution in [0.15, 0.2) is 0 Å². The lowest BCUT2D eigenvalue weighted by Gasteiger charge is -2.20. The minimum atomic E-state index is -0.289. The molecular weight excluding hydrogens is 180 g/mol. The summed E-state index contributed by atoms with van der Waals surface area (Å²) in [6, 6.07) is 0.820. The maximum absolute atomic E-state index is 11.1. The summed E-state index contributed by atoms with van der Waals surface area (Å²) in [7, 11) is 0. The van der Waals surface area contributed by atoms with Gasteiger partial charge in [-0.3, -0.25) is 4.90 Å². The second-order valence-electron chi connectivity index (χ2n) is 3.94. The fourth-order valence-corrected chi connectivity index (χ4v) is 1.71. The van der Waals surface area contributed by atoms with Crippen LogP contribution in [0.1, 0.15) is 27.2 Å². The van der Waals surface area contributed by atoms with Gasteiger partial charge in [0.15, 0.2) is 0 Å². The van der Waals surface area contributed by atoms with Gasteiger partial charge in [0.2, 0.25) is 0 Å². The molecule has 4 nitrogen and oxygen atoms in total. The standard InChI is InChI=1S/C10H20N2O2/c1-4-14-10(13)11-9-5-6-12(7-9)8(2)3/h8-9H,4-7H2,1-3H3,(H,11,13). The van der Waals surface area contributed by atoms with Crippen LogP contribution in [0.4, 0.5) is 4.79 Å². The fraction of sp³-hybridized carbons (Fsp3) is 0.900. The number of likely N-dealkylation sites (tertiary alicyclic amines) is 1. The van der Waals surface area contributed by atoms with E-state index in [1.165, 1.54) is 0 Å². The maximum atomic E-state index is 11.1. The van der Waals surface area contributed by atoms with Crippen molar-refractivity contribution >= 4 is 6.09 Å². The van der Waals surface area contributed by atoms with Gasteiger partial charge in [0, 0.05) is 25.2 Å². The Morgan fingerprint density at radius 1 is 1.64 bits per heavy atom. The molecule has 1 unspecified atom stereocenters. The Labute approximate surface area is 85.6 Å². The summed E-state index contributed by atoms with van der Waals surface area (Å²) in [5, 5.41) is 2.86. The van der Waals surface area contributed by atoms with Gasteiger partial charge < -0.3 is 10.1 Å². The molecule has 0 spiro atoms. The van der Waals surface area contributed by atoms with E-state index in [4.69, 9.17) is 4.74 Å². The van der Waals surface area contributed by atoms with Gasteiger partial charge in [-0.25, -0.2) is 4.79 Å². The van der Waals surface area contributed by atoms with Gasteiger partial charge in [-0.05, 0) is 27.2 Å². The van der Waals surface area contributed by atoms with Crippen LogP contribution < -0.4 is 5.32 Å². The second-order valence-corrected chi connectivity index (χ2v) is 3.94. The summed E-state index contributed by atoms with van der Waals surface area (Å²) in [5.41, 5.74) is 0. The Bertz CT molecular complexity index is 195. The van der Waals surface area contributed by atoms with Crippen LogP contribution in [0.3, 0.4) is 0 Å². The SMILES string of the molecule is CCOC(=O)NC1CCN(C(C)C)C1. The highest BCUT2D eigenvalue weighted by Crippen LogP contribution is 2.12. The van der Waals surface area contributed by atoms with Crippen molar-refractivity contribution in [3.05, 3.63) is 0 Å². The number of hydrogen-bond donors (Lipinski definition) is 1. The highest BCUT2D eigenvalue weighted by Gasteiger charge is 2.25. The number of alkyl carbamates (subject to hydrolysis) is 1. The van der Waals surface area contributed by atoms with Crippen molar-refractivity contribution in [3.63, 3.8) is 0 Å². The van der Waals surface area contributed by atoms with Crippen LogP contribution in [0.25, 0.3) is 0 Å². The second kappa shape index (κ2) is 5.20. The molecule has 1 heterocycles. The van der Waals surface area contributed by atoms with Crippen LogP contribution in [0.5, 0.6) is 0 Å². The molecule has 1 fully saturated rings. The van der Waals surface area contributed by atoms with E-state index in [1.807, 2.05) is 6.92 Å². The number of hydrogen-bond acceptors (Lipinski definition) is 3. The minimum absolute atomic E-state index is 0.261. The largest absolute Gasteiger partial charge is 0.450 e. The normalized spacial score (nSPS) is 22.7. The highest BCUT2D eigenvalue weighted by molar-refractivity contribution is 5.67. The number of ether oxygens (including phenoxy) is 1. The van der Waals surface area contributed by atoms with E-state index in [1.54, 1.807) is 0 Å². The van der Waals surface area contributed by atoms with E-state index in [-0.39, 0.29) is 12.1 Å². The van der Waals surface area contributed by atoms with Gasteiger partial charge in [-0.1, -0.05) is 0 Å². The van der Waals surface area contributed by atoms with Gasteiger partial charge in [0.1, 0.15) is 0 Å². The van der Waals surface area contributed by atoms with Gasteiger partial charge in [0.05, 0.1) is 6.61 Å². The van der Waals surface area contributed by atoms with Crippen molar-refractivity contribution < 1.29 is 9.53 Å². The quantitative estimate of drug-likeness (QED) is 0.744. The summed E-state index contributed by atoms with van der Waals surface area (Å²) in [6.45, 7) is 8.60. The molecule has 1 amide bonds. The first-order valence-corrected chi connectivity index (χ1v) is 5.30. The van der Waals surface area contributed by atoms with Gasteiger partial charge in [-0.2, -0.15) is 0 Å². The van der Waals surface area contributed by atoms with Gasteiger partial charge >= 0.3 is 6.09 Å². The van der Waals surface area contributed by atoms with E-state index in [0.717, 1.165) is 19.5 Å². The van der Waals surface area contributed by atoms with Crippen molar-refractivity contribution in [2.24, 2.45) is 0 Å². The predicted molar refractivity (Wildman–Crippen MR) is 55.3 cm³/mol. The lowest BCUT2D eigenvalue weighted by molar-refractivity contribution is 0.147. The molecule has 1 aliphatic heterocycles. The summed E-state index contributed by atoms with van der Waals surface area (Å²) < 4.78 is 4.83. The molecule has 0 radical (unpaired) electrons. The topological polar surface area (TPSA) is 41.6 Å². The summed E-state index contributed by atoms with van der Waals surface area (Å²) >= 11 is 0. The van der Waals surface area contributed by atoms with Crippen molar-refractivity contribution in [1.82, 2.24) is 10.2 Å². The molecule has 0 aromatic carbocycles. The molecule has 14 heavy (non-hydrogen) atoms. The number of amides is 1. The van der Waals surface area contributed by atoms with E-state index in [0.29, 0.717) is 12.6 Å². The van der Waals surface area contributed by atoms with Crippen LogP contribution in [0, 0.1) is 0 Å². The Balaban J connectivity index is 2.25. The Hall–Kier alpha value is -0.770. The minimum Gasteiger partial charge on any atom is -0.450 e. The van der Waals surface area contributed by atoms with Gasteiger partial charge in [-0.15, -0.1) is 0 Å². The lowest BCUT2D eigenvalue weighted by Crippen LogP contribution is -2.38. The van der Waals surface area contributed by atoms with Crippen LogP contribution in [-0.4, -0.2) is 42.8 Å². The molecule has 1 N–H and O–H groups in total. The molecule has 0 bridgehead atoms. The van der Waals surface area contributed by atoms with E-state index in [2.05, 4.69) is 24.1 Å². The Morgan fingerprint density at radius 3 is 2.86 bits per heavy atom. The fourth-order valence-electron chi connectivity index (χ4n) is 1.71. The van der Waals surface area contributed by atoms with Crippen molar-refractivity contribution in [2.75, 3.05) is 19.7 Å². The van der Waals surface area contributed by atoms with E-state index >= 15 is 0 Å². The van der Waals surface area contributed by atoms with Crippen molar-refractivity contribution in [3.8, 4) is 0 Å². The lowest BCUT2D eigenvalue weighted by atomic mass is 10.3. The molecule has 0 aliphatic carbocycles. The maximum Gasteiger partial charge on any atom is 0.407 e. The molecule has 1 atom stereocenters. The van der Waals surface area contributed by atoms with E-state index < -0.39 is 0 Å². The molecule has 0 aromatic heterocycles. The number of carbonyl (C=O) groups excluding carboxylic acids is 1. The zero-order valence-corrected chi connectivity index (χ0v) is 9.25. The molecule has 0 saturated carbocycles. The summed E-state index contributed by atoms with van der Waals surface area (Å²) in [5.74, 6) is 0. The smallest absolute Gasteiger partial charge is 0.407 e. The predicted octanol–water partition coefficient (Wildman–Crippen LogP) is 1.22. The number of rotatable bonds is 3. The summed E-state index contributed by atoms with van der Waals surface area (Å²) in [6.07, 6.45) is 0.736. The molecular formula is C10H20N2O2. The first-order chi connectivity index (χ1) is 6.63. The summed E-state index contributed by atoms with van der Waals surface area (Å²) in [4.78, 5) is 13.5. The van der Waals surface area contributed by atoms with Gasteiger partial charge in [0.25, 0.3) is 0 Å². The third-order valence-corrected chi connectivity index (χ3v) is 2.55. The highest BCUT2D eigenvalue weighted by atomic mass is 16.5. The third kappa shape index (κ3) is 3.18. The third-order valence-electron chi connectivity index (χ3n) is 2.55. The molecule has 1 aliphatic rings. The zero-order chi connectivity index (χ0) is 10.6. The van der Waals surface area contributed by atoms with Crippen LogP contribution in [0.2, 0.25) is 0 Å². The average Bonchev–Trinajstić information content (AvgIpc) is 2.53. The first-order valence-electron chi connectivity index (χ1n) is 5.30. The molecule has 1 rings (SSSR count). The Kier molecular flexibility index (Phi) is 4.20. The molecule has 82 valence electrons. The van der Waals surface area contributed by atoms with Crippen molar-refractivity contribution in [2.45, 2.75) is 39.3 Å². The monoisotopic (exact) mass is 200 g/mol. The average molecular weight is 200 g/mol. The molecule has 1 saturated heterocycles. The zero-order valence-electron chi connectivity index (χ0n) is 9.25. The first kappa shape index (κ1) is 11.3. The molecule has 0 aromatic rings. The molecule has 4 heteroatoms.